The lowest BCUT2D eigenvalue weighted by Crippen LogP contribution is -2.47. The summed E-state index contributed by atoms with van der Waals surface area (Å²) in [5.41, 5.74) is -0.397. The maximum Gasteiger partial charge on any atom is 0.301 e. The van der Waals surface area contributed by atoms with Crippen molar-refractivity contribution in [2.45, 2.75) is 38.0 Å². The minimum absolute atomic E-state index is 0.0190. The Morgan fingerprint density at radius 1 is 1.11 bits per heavy atom. The van der Waals surface area contributed by atoms with E-state index in [0.717, 1.165) is 28.6 Å². The molecule has 8 nitrogen and oxygen atoms in total. The van der Waals surface area contributed by atoms with Gasteiger partial charge in [0.1, 0.15) is 28.9 Å². The molecule has 198 valence electrons. The molecule has 1 aliphatic carbocycles. The number of ketones is 1. The molecule has 1 aromatic heterocycles. The number of sulfone groups is 1. The predicted molar refractivity (Wildman–Crippen MR) is 132 cm³/mol. The number of benzene rings is 2. The molecule has 0 radical (unpaired) electrons. The molecule has 2 aliphatic rings. The minimum atomic E-state index is -4.13. The minimum Gasteiger partial charge on any atom is -0.332 e. The van der Waals surface area contributed by atoms with E-state index in [2.05, 4.69) is 4.72 Å². The van der Waals surface area contributed by atoms with Gasteiger partial charge in [0.25, 0.3) is 0 Å². The number of carbonyl (C=O) groups is 1. The van der Waals surface area contributed by atoms with Crippen molar-refractivity contribution in [1.82, 2.24) is 9.29 Å². The molecule has 13 heteroatoms. The third kappa shape index (κ3) is 4.75. The summed E-state index contributed by atoms with van der Waals surface area (Å²) >= 11 is 0. The lowest BCUT2D eigenvalue weighted by molar-refractivity contribution is 0.101. The molecule has 0 bridgehead atoms. The SMILES string of the molecule is Cc1cc2c(N3CCCNS3(=O)=O)c(C(=O)CS(=O)(=O)C3CC3)n(Cc3cc(F)ccc3F)c2cc1F. The predicted octanol–water partition coefficient (Wildman–Crippen LogP) is 3.22. The number of carbonyl (C=O) groups excluding carboxylic acids is 1. The number of Topliss-reactive ketones (excluding diaryl/α,β-unsaturated/α-hetero) is 1. The highest BCUT2D eigenvalue weighted by Crippen LogP contribution is 2.39. The summed E-state index contributed by atoms with van der Waals surface area (Å²) in [6, 6.07) is 5.19. The van der Waals surface area contributed by atoms with Gasteiger partial charge in [-0.05, 0) is 62.1 Å². The molecular formula is C24H24F3N3O5S2. The van der Waals surface area contributed by atoms with Gasteiger partial charge in [-0.15, -0.1) is 0 Å². The standard InChI is InChI=1S/C24H24F3N3O5S2/c1-14-9-18-21(11-20(14)27)29(12-15-10-16(25)3-6-19(15)26)24(22(31)13-36(32,33)17-4-5-17)23(18)30-8-2-7-28-37(30,34)35/h3,6,9-11,17,28H,2,4-5,7-8,12-13H2,1H3. The monoisotopic (exact) mass is 555 g/mol. The first-order chi connectivity index (χ1) is 17.4. The first-order valence-electron chi connectivity index (χ1n) is 11.7. The Morgan fingerprint density at radius 2 is 1.84 bits per heavy atom. The number of fused-ring (bicyclic) bond motifs is 1. The molecule has 0 spiro atoms. The Bertz CT molecular complexity index is 1650. The van der Waals surface area contributed by atoms with E-state index in [1.54, 1.807) is 0 Å². The van der Waals surface area contributed by atoms with E-state index < -0.39 is 60.8 Å². The fourth-order valence-electron chi connectivity index (χ4n) is 4.64. The number of nitrogens with one attached hydrogen (secondary N) is 1. The Hall–Kier alpha value is -2.90. The van der Waals surface area contributed by atoms with Crippen molar-refractivity contribution in [2.75, 3.05) is 23.1 Å². The highest BCUT2D eigenvalue weighted by atomic mass is 32.2. The number of anilines is 1. The normalized spacial score (nSPS) is 17.9. The van der Waals surface area contributed by atoms with Crippen LogP contribution < -0.4 is 9.03 Å². The summed E-state index contributed by atoms with van der Waals surface area (Å²) in [6.45, 7) is 1.15. The number of aryl methyl sites for hydroxylation is 1. The van der Waals surface area contributed by atoms with Gasteiger partial charge in [-0.1, -0.05) is 0 Å². The lowest BCUT2D eigenvalue weighted by Gasteiger charge is -2.29. The molecule has 2 fully saturated rings. The smallest absolute Gasteiger partial charge is 0.301 e. The van der Waals surface area contributed by atoms with Gasteiger partial charge in [0.2, 0.25) is 0 Å². The molecule has 0 atom stereocenters. The number of hydrogen-bond acceptors (Lipinski definition) is 5. The number of nitrogens with zero attached hydrogens (tertiary/aromatic N) is 2. The van der Waals surface area contributed by atoms with Crippen LogP contribution in [0.5, 0.6) is 0 Å². The molecule has 1 N–H and O–H groups in total. The molecule has 0 unspecified atom stereocenters. The number of halogens is 3. The molecule has 0 amide bonds. The summed E-state index contributed by atoms with van der Waals surface area (Å²) < 4.78 is 99.4. The van der Waals surface area contributed by atoms with Crippen LogP contribution in [0.4, 0.5) is 18.9 Å². The molecule has 1 saturated heterocycles. The molecule has 2 aromatic carbocycles. The van der Waals surface area contributed by atoms with E-state index in [1.807, 2.05) is 0 Å². The molecular weight excluding hydrogens is 531 g/mol. The van der Waals surface area contributed by atoms with Crippen LogP contribution in [0.3, 0.4) is 0 Å². The topological polar surface area (TPSA) is 106 Å². The highest BCUT2D eigenvalue weighted by molar-refractivity contribution is 7.93. The van der Waals surface area contributed by atoms with Gasteiger partial charge in [0, 0.05) is 24.0 Å². The van der Waals surface area contributed by atoms with Crippen molar-refractivity contribution in [2.24, 2.45) is 0 Å². The third-order valence-corrected chi connectivity index (χ3v) is 10.3. The summed E-state index contributed by atoms with van der Waals surface area (Å²) in [6.07, 6.45) is 1.24. The Labute approximate surface area is 212 Å². The Kier molecular flexibility index (Phi) is 6.35. The van der Waals surface area contributed by atoms with Gasteiger partial charge in [-0.25, -0.2) is 21.6 Å². The van der Waals surface area contributed by atoms with Crippen LogP contribution in [0.25, 0.3) is 10.9 Å². The van der Waals surface area contributed by atoms with E-state index in [-0.39, 0.29) is 46.5 Å². The van der Waals surface area contributed by atoms with Gasteiger partial charge >= 0.3 is 10.2 Å². The van der Waals surface area contributed by atoms with Gasteiger partial charge in [0.05, 0.1) is 23.0 Å². The van der Waals surface area contributed by atoms with Gasteiger partial charge in [0.15, 0.2) is 15.6 Å². The van der Waals surface area contributed by atoms with Crippen LogP contribution in [0.1, 0.15) is 40.9 Å². The van der Waals surface area contributed by atoms with Crippen molar-refractivity contribution >= 4 is 42.4 Å². The number of rotatable bonds is 7. The zero-order valence-electron chi connectivity index (χ0n) is 19.8. The second-order valence-corrected chi connectivity index (χ2v) is 13.4. The molecule has 2 heterocycles. The van der Waals surface area contributed by atoms with Crippen LogP contribution in [-0.4, -0.2) is 51.3 Å². The van der Waals surface area contributed by atoms with Crippen LogP contribution in [0.2, 0.25) is 0 Å². The quantitative estimate of drug-likeness (QED) is 0.451. The fourth-order valence-corrected chi connectivity index (χ4v) is 7.59. The Morgan fingerprint density at radius 3 is 2.51 bits per heavy atom. The molecule has 37 heavy (non-hydrogen) atoms. The van der Waals surface area contributed by atoms with E-state index in [9.17, 15) is 34.8 Å². The lowest BCUT2D eigenvalue weighted by atomic mass is 10.1. The summed E-state index contributed by atoms with van der Waals surface area (Å²) in [4.78, 5) is 13.7. The zero-order valence-corrected chi connectivity index (χ0v) is 21.4. The Balaban J connectivity index is 1.81. The van der Waals surface area contributed by atoms with Crippen molar-refractivity contribution in [1.29, 1.82) is 0 Å². The summed E-state index contributed by atoms with van der Waals surface area (Å²) in [5, 5.41) is -0.478. The second-order valence-electron chi connectivity index (χ2n) is 9.39. The van der Waals surface area contributed by atoms with Crippen molar-refractivity contribution in [3.63, 3.8) is 0 Å². The van der Waals surface area contributed by atoms with E-state index >= 15 is 0 Å². The molecule has 1 aliphatic heterocycles. The summed E-state index contributed by atoms with van der Waals surface area (Å²) in [7, 11) is -7.95. The first kappa shape index (κ1) is 25.7. The van der Waals surface area contributed by atoms with Crippen LogP contribution in [-0.2, 0) is 26.6 Å². The van der Waals surface area contributed by atoms with Crippen LogP contribution in [0, 0.1) is 24.4 Å². The fraction of sp³-hybridized carbons (Fsp3) is 0.375. The summed E-state index contributed by atoms with van der Waals surface area (Å²) in [5.74, 6) is -4.01. The number of aromatic nitrogens is 1. The average molecular weight is 556 g/mol. The van der Waals surface area contributed by atoms with Crippen molar-refractivity contribution in [3.8, 4) is 0 Å². The molecule has 3 aromatic rings. The average Bonchev–Trinajstić information content (AvgIpc) is 3.63. The van der Waals surface area contributed by atoms with Gasteiger partial charge in [-0.3, -0.25) is 9.10 Å². The maximum absolute atomic E-state index is 14.8. The van der Waals surface area contributed by atoms with E-state index in [0.29, 0.717) is 19.3 Å². The van der Waals surface area contributed by atoms with Crippen molar-refractivity contribution < 1.29 is 34.8 Å². The van der Waals surface area contributed by atoms with Crippen LogP contribution >= 0.6 is 0 Å². The van der Waals surface area contributed by atoms with Gasteiger partial charge < -0.3 is 4.57 Å². The first-order valence-corrected chi connectivity index (χ1v) is 14.8. The van der Waals surface area contributed by atoms with E-state index in [4.69, 9.17) is 0 Å². The largest absolute Gasteiger partial charge is 0.332 e. The van der Waals surface area contributed by atoms with Crippen LogP contribution in [0.15, 0.2) is 30.3 Å². The van der Waals surface area contributed by atoms with Gasteiger partial charge in [-0.2, -0.15) is 13.1 Å². The number of hydrogen-bond donors (Lipinski definition) is 1. The maximum atomic E-state index is 14.8. The van der Waals surface area contributed by atoms with Crippen molar-refractivity contribution in [3.05, 3.63) is 64.6 Å². The molecule has 5 rings (SSSR count). The molecule has 1 saturated carbocycles. The zero-order chi connectivity index (χ0) is 26.7. The van der Waals surface area contributed by atoms with E-state index in [1.165, 1.54) is 17.6 Å². The third-order valence-electron chi connectivity index (χ3n) is 6.64. The second kappa shape index (κ2) is 9.14. The highest BCUT2D eigenvalue weighted by Gasteiger charge is 2.40.